The maximum absolute atomic E-state index is 13.3. The van der Waals surface area contributed by atoms with Gasteiger partial charge in [-0.2, -0.15) is 0 Å². The maximum Gasteiger partial charge on any atom is 0.325 e. The van der Waals surface area contributed by atoms with Crippen LogP contribution in [0.1, 0.15) is 29.3 Å². The van der Waals surface area contributed by atoms with Crippen molar-refractivity contribution in [3.63, 3.8) is 0 Å². The van der Waals surface area contributed by atoms with Gasteiger partial charge in [-0.1, -0.05) is 48.5 Å². The zero-order chi connectivity index (χ0) is 22.3. The Hall–Kier alpha value is -3.87. The lowest BCUT2D eigenvalue weighted by Crippen LogP contribution is -2.41. The van der Waals surface area contributed by atoms with E-state index in [0.717, 1.165) is 22.1 Å². The molecule has 0 bridgehead atoms. The summed E-state index contributed by atoms with van der Waals surface area (Å²) in [6.07, 6.45) is 0.765. The summed E-state index contributed by atoms with van der Waals surface area (Å²) in [6, 6.07) is 17.6. The van der Waals surface area contributed by atoms with Crippen molar-refractivity contribution in [2.24, 2.45) is 0 Å². The zero-order valence-corrected chi connectivity index (χ0v) is 17.6. The van der Waals surface area contributed by atoms with Crippen molar-refractivity contribution in [2.45, 2.75) is 18.9 Å². The van der Waals surface area contributed by atoms with Gasteiger partial charge in [-0.3, -0.25) is 14.5 Å². The predicted octanol–water partition coefficient (Wildman–Crippen LogP) is 3.65. The summed E-state index contributed by atoms with van der Waals surface area (Å²) in [4.78, 5) is 40.1. The van der Waals surface area contributed by atoms with Crippen molar-refractivity contribution < 1.29 is 23.9 Å². The first-order valence-electron chi connectivity index (χ1n) is 10.5. The monoisotopic (exact) mass is 430 g/mol. The van der Waals surface area contributed by atoms with Crippen LogP contribution >= 0.6 is 0 Å². The predicted molar refractivity (Wildman–Crippen MR) is 118 cm³/mol. The van der Waals surface area contributed by atoms with E-state index in [1.165, 1.54) is 0 Å². The number of hydrogen-bond acceptors (Lipinski definition) is 5. The Morgan fingerprint density at radius 3 is 2.59 bits per heavy atom. The number of fused-ring (bicyclic) bond motifs is 2. The van der Waals surface area contributed by atoms with Crippen LogP contribution in [0.25, 0.3) is 10.8 Å². The third kappa shape index (κ3) is 3.26. The third-order valence-corrected chi connectivity index (χ3v) is 5.99. The molecule has 2 aliphatic heterocycles. The minimum Gasteiger partial charge on any atom is -0.490 e. The Bertz CT molecular complexity index is 1250. The van der Waals surface area contributed by atoms with Crippen LogP contribution in [-0.4, -0.2) is 42.4 Å². The molecule has 3 amide bonds. The smallest absolute Gasteiger partial charge is 0.325 e. The fraction of sp³-hybridized carbons (Fsp3) is 0.240. The molecule has 2 heterocycles. The molecule has 5 rings (SSSR count). The number of amides is 3. The van der Waals surface area contributed by atoms with Gasteiger partial charge in [0, 0.05) is 12.0 Å². The SMILES string of the molecule is C[C@@]1(c2ccc3c(c2)OCCCO3)NC(=O)N(CC(=O)c2cccc3ccccc23)C1=O. The standard InChI is InChI=1S/C25H22N2O5/c1-25(17-10-11-21-22(14-17)32-13-5-12-31-21)23(29)27(24(30)26-25)15-20(28)19-9-4-7-16-6-2-3-8-18(16)19/h2-4,6-11,14H,5,12-13,15H2,1H3,(H,26,30)/t25-/m0/s1. The highest BCUT2D eigenvalue weighted by Gasteiger charge is 2.49. The Morgan fingerprint density at radius 1 is 1.00 bits per heavy atom. The second kappa shape index (κ2) is 7.67. The van der Waals surface area contributed by atoms with E-state index in [0.29, 0.717) is 35.8 Å². The normalized spacial score (nSPS) is 20.2. The van der Waals surface area contributed by atoms with Gasteiger partial charge < -0.3 is 14.8 Å². The Morgan fingerprint density at radius 2 is 1.75 bits per heavy atom. The number of urea groups is 1. The van der Waals surface area contributed by atoms with Gasteiger partial charge in [-0.15, -0.1) is 0 Å². The lowest BCUT2D eigenvalue weighted by molar-refractivity contribution is -0.130. The summed E-state index contributed by atoms with van der Waals surface area (Å²) in [5, 5.41) is 4.46. The minimum absolute atomic E-state index is 0.298. The summed E-state index contributed by atoms with van der Waals surface area (Å²) in [6.45, 7) is 2.37. The second-order valence-corrected chi connectivity index (χ2v) is 8.11. The minimum atomic E-state index is -1.30. The first-order chi connectivity index (χ1) is 15.5. The van der Waals surface area contributed by atoms with Crippen LogP contribution in [0.4, 0.5) is 4.79 Å². The third-order valence-electron chi connectivity index (χ3n) is 5.99. The van der Waals surface area contributed by atoms with Gasteiger partial charge in [0.05, 0.1) is 19.8 Å². The summed E-state index contributed by atoms with van der Waals surface area (Å²) < 4.78 is 11.4. The van der Waals surface area contributed by atoms with Gasteiger partial charge in [0.2, 0.25) is 0 Å². The maximum atomic E-state index is 13.3. The molecule has 1 saturated heterocycles. The number of hydrogen-bond donors (Lipinski definition) is 1. The molecule has 2 aliphatic rings. The topological polar surface area (TPSA) is 84.9 Å². The number of nitrogens with zero attached hydrogens (tertiary/aromatic N) is 1. The molecule has 0 radical (unpaired) electrons. The molecule has 3 aromatic carbocycles. The molecule has 1 N–H and O–H groups in total. The molecule has 0 aliphatic carbocycles. The molecule has 3 aromatic rings. The van der Waals surface area contributed by atoms with Crippen molar-refractivity contribution in [3.05, 3.63) is 71.8 Å². The summed E-state index contributed by atoms with van der Waals surface area (Å²) in [7, 11) is 0. The molecular formula is C25H22N2O5. The van der Waals surface area contributed by atoms with E-state index < -0.39 is 17.5 Å². The van der Waals surface area contributed by atoms with Crippen LogP contribution in [0, 0.1) is 0 Å². The molecular weight excluding hydrogens is 408 g/mol. The molecule has 162 valence electrons. The number of ketones is 1. The number of carbonyl (C=O) groups is 3. The molecule has 0 spiro atoms. The Balaban J connectivity index is 1.42. The van der Waals surface area contributed by atoms with Crippen molar-refractivity contribution in [2.75, 3.05) is 19.8 Å². The number of rotatable bonds is 4. The van der Waals surface area contributed by atoms with Crippen molar-refractivity contribution in [1.29, 1.82) is 0 Å². The van der Waals surface area contributed by atoms with Crippen LogP contribution in [0.2, 0.25) is 0 Å². The highest BCUT2D eigenvalue weighted by molar-refractivity contribution is 6.14. The van der Waals surface area contributed by atoms with Crippen LogP contribution in [-0.2, 0) is 10.3 Å². The molecule has 32 heavy (non-hydrogen) atoms. The molecule has 0 saturated carbocycles. The van der Waals surface area contributed by atoms with E-state index in [-0.39, 0.29) is 12.3 Å². The number of benzene rings is 3. The average molecular weight is 430 g/mol. The number of Topliss-reactive ketones (excluding diaryl/α,β-unsaturated/α-hetero) is 1. The van der Waals surface area contributed by atoms with Crippen LogP contribution in [0.5, 0.6) is 11.5 Å². The van der Waals surface area contributed by atoms with Crippen LogP contribution in [0.3, 0.4) is 0 Å². The quantitative estimate of drug-likeness (QED) is 0.505. The summed E-state index contributed by atoms with van der Waals surface area (Å²) in [5.41, 5.74) is -0.256. The van der Waals surface area contributed by atoms with Gasteiger partial charge >= 0.3 is 6.03 Å². The number of nitrogens with one attached hydrogen (secondary N) is 1. The van der Waals surface area contributed by atoms with Crippen molar-refractivity contribution in [3.8, 4) is 11.5 Å². The van der Waals surface area contributed by atoms with Crippen LogP contribution in [0.15, 0.2) is 60.7 Å². The number of ether oxygens (including phenoxy) is 2. The van der Waals surface area contributed by atoms with Crippen LogP contribution < -0.4 is 14.8 Å². The second-order valence-electron chi connectivity index (χ2n) is 8.11. The zero-order valence-electron chi connectivity index (χ0n) is 17.6. The largest absolute Gasteiger partial charge is 0.490 e. The number of carbonyl (C=O) groups excluding carboxylic acids is 3. The Kier molecular flexibility index (Phi) is 4.81. The summed E-state index contributed by atoms with van der Waals surface area (Å²) >= 11 is 0. The lowest BCUT2D eigenvalue weighted by Gasteiger charge is -2.23. The van der Waals surface area contributed by atoms with Gasteiger partial charge in [0.15, 0.2) is 17.3 Å². The van der Waals surface area contributed by atoms with Gasteiger partial charge in [0.1, 0.15) is 5.54 Å². The van der Waals surface area contributed by atoms with E-state index in [2.05, 4.69) is 5.32 Å². The average Bonchev–Trinajstić information content (AvgIpc) is 2.96. The van der Waals surface area contributed by atoms with Gasteiger partial charge in [-0.05, 0) is 35.4 Å². The molecule has 0 aromatic heterocycles. The molecule has 7 heteroatoms. The molecule has 7 nitrogen and oxygen atoms in total. The van der Waals surface area contributed by atoms with Gasteiger partial charge in [-0.25, -0.2) is 4.79 Å². The fourth-order valence-corrected chi connectivity index (χ4v) is 4.21. The van der Waals surface area contributed by atoms with E-state index >= 15 is 0 Å². The molecule has 1 atom stereocenters. The first kappa shape index (κ1) is 20.1. The van der Waals surface area contributed by atoms with E-state index in [1.807, 2.05) is 30.3 Å². The summed E-state index contributed by atoms with van der Waals surface area (Å²) in [5.74, 6) is 0.363. The molecule has 1 fully saturated rings. The van der Waals surface area contributed by atoms with Gasteiger partial charge in [0.25, 0.3) is 5.91 Å². The lowest BCUT2D eigenvalue weighted by atomic mass is 9.91. The fourth-order valence-electron chi connectivity index (χ4n) is 4.21. The number of imide groups is 1. The van der Waals surface area contributed by atoms with Crippen molar-refractivity contribution in [1.82, 2.24) is 10.2 Å². The van der Waals surface area contributed by atoms with E-state index in [9.17, 15) is 14.4 Å². The first-order valence-corrected chi connectivity index (χ1v) is 10.5. The van der Waals surface area contributed by atoms with E-state index in [1.54, 1.807) is 37.3 Å². The van der Waals surface area contributed by atoms with E-state index in [4.69, 9.17) is 9.47 Å². The highest BCUT2D eigenvalue weighted by atomic mass is 16.5. The Labute approximate surface area is 184 Å². The molecule has 0 unspecified atom stereocenters. The highest BCUT2D eigenvalue weighted by Crippen LogP contribution is 2.36. The van der Waals surface area contributed by atoms with Crippen molar-refractivity contribution >= 4 is 28.5 Å².